The van der Waals surface area contributed by atoms with E-state index in [9.17, 15) is 0 Å². The zero-order chi connectivity index (χ0) is 18.6. The van der Waals surface area contributed by atoms with Crippen LogP contribution in [0, 0.1) is 0 Å². The Balaban J connectivity index is 1.92. The molecule has 0 spiro atoms. The lowest BCUT2D eigenvalue weighted by molar-refractivity contribution is 0.522. The highest BCUT2D eigenvalue weighted by Crippen LogP contribution is 2.26. The zero-order valence-electron chi connectivity index (χ0n) is 15.0. The molecule has 3 N–H and O–H groups in total. The Morgan fingerprint density at radius 2 is 2.04 bits per heavy atom. The Morgan fingerprint density at radius 3 is 2.77 bits per heavy atom. The van der Waals surface area contributed by atoms with Gasteiger partial charge in [-0.25, -0.2) is 15.0 Å². The van der Waals surface area contributed by atoms with Crippen LogP contribution in [0.4, 0.5) is 0 Å². The Bertz CT molecular complexity index is 830. The molecular formula is C19H23ClN6. The third-order valence-electron chi connectivity index (χ3n) is 4.47. The lowest BCUT2D eigenvalue weighted by Gasteiger charge is -2.29. The summed E-state index contributed by atoms with van der Waals surface area (Å²) in [5.74, 6) is 1.42. The molecule has 3 rings (SSSR count). The molecule has 0 aromatic carbocycles. The van der Waals surface area contributed by atoms with Crippen LogP contribution in [0.25, 0.3) is 11.3 Å². The van der Waals surface area contributed by atoms with Crippen LogP contribution in [-0.2, 0) is 5.54 Å². The topological polar surface area (TPSA) is 89.1 Å². The molecule has 136 valence electrons. The standard InChI is InChI=1S/C19H23ClN6/c1-3-14(4-2)25-17-12-19(21,7-10-23-17)18-24-9-6-15(26-18)13-5-8-22-16(20)11-13/h5-11,14H,3-4,12,21H2,1-2H3,(H,23,25). The maximum absolute atomic E-state index is 6.64. The van der Waals surface area contributed by atoms with Crippen LogP contribution in [0.3, 0.4) is 0 Å². The van der Waals surface area contributed by atoms with E-state index >= 15 is 0 Å². The maximum atomic E-state index is 6.64. The summed E-state index contributed by atoms with van der Waals surface area (Å²) < 4.78 is 0. The summed E-state index contributed by atoms with van der Waals surface area (Å²) in [6.45, 7) is 4.28. The molecule has 6 nitrogen and oxygen atoms in total. The van der Waals surface area contributed by atoms with Gasteiger partial charge in [-0.05, 0) is 37.1 Å². The molecule has 1 atom stereocenters. The first kappa shape index (κ1) is 18.5. The molecule has 2 aromatic rings. The lowest BCUT2D eigenvalue weighted by atomic mass is 9.92. The van der Waals surface area contributed by atoms with Crippen LogP contribution in [0.1, 0.15) is 38.9 Å². The number of hydrogen-bond donors (Lipinski definition) is 2. The number of amidine groups is 1. The number of aliphatic imine (C=N–C) groups is 1. The van der Waals surface area contributed by atoms with Gasteiger partial charge in [0.15, 0.2) is 5.82 Å². The number of halogens is 1. The highest BCUT2D eigenvalue weighted by atomic mass is 35.5. The van der Waals surface area contributed by atoms with Crippen molar-refractivity contribution in [2.45, 2.75) is 44.7 Å². The van der Waals surface area contributed by atoms with E-state index in [2.05, 4.69) is 34.1 Å². The fourth-order valence-electron chi connectivity index (χ4n) is 2.91. The number of nitrogens with two attached hydrogens (primary N) is 1. The van der Waals surface area contributed by atoms with Gasteiger partial charge in [-0.3, -0.25) is 4.99 Å². The predicted octanol–water partition coefficient (Wildman–Crippen LogP) is 3.44. The van der Waals surface area contributed by atoms with E-state index < -0.39 is 5.54 Å². The average molecular weight is 371 g/mol. The fraction of sp³-hybridized carbons (Fsp3) is 0.368. The van der Waals surface area contributed by atoms with E-state index in [1.165, 1.54) is 0 Å². The normalized spacial score (nSPS) is 21.2. The van der Waals surface area contributed by atoms with E-state index in [1.54, 1.807) is 18.5 Å². The molecule has 26 heavy (non-hydrogen) atoms. The summed E-state index contributed by atoms with van der Waals surface area (Å²) in [4.78, 5) is 17.9. The zero-order valence-corrected chi connectivity index (χ0v) is 15.7. The Hall–Kier alpha value is -2.31. The SMILES string of the molecule is CCC(CC)N=C1CC(N)(c2nccc(-c3ccnc(Cl)c3)n2)C=CN1. The molecule has 1 aliphatic heterocycles. The molecular weight excluding hydrogens is 348 g/mol. The second kappa shape index (κ2) is 7.93. The van der Waals surface area contributed by atoms with Gasteiger partial charge in [0.2, 0.25) is 0 Å². The van der Waals surface area contributed by atoms with Gasteiger partial charge in [-0.2, -0.15) is 0 Å². The summed E-state index contributed by atoms with van der Waals surface area (Å²) in [5.41, 5.74) is 7.47. The molecule has 1 unspecified atom stereocenters. The number of nitrogens with one attached hydrogen (secondary N) is 1. The Labute approximate surface area is 158 Å². The summed E-state index contributed by atoms with van der Waals surface area (Å²) in [6, 6.07) is 5.76. The lowest BCUT2D eigenvalue weighted by Crippen LogP contribution is -2.45. The fourth-order valence-corrected chi connectivity index (χ4v) is 3.08. The minimum atomic E-state index is -0.803. The van der Waals surface area contributed by atoms with Crippen molar-refractivity contribution < 1.29 is 0 Å². The van der Waals surface area contributed by atoms with Crippen molar-refractivity contribution in [1.29, 1.82) is 0 Å². The van der Waals surface area contributed by atoms with Gasteiger partial charge >= 0.3 is 0 Å². The van der Waals surface area contributed by atoms with Crippen molar-refractivity contribution in [1.82, 2.24) is 20.3 Å². The quantitative estimate of drug-likeness (QED) is 0.787. The molecule has 0 fully saturated rings. The van der Waals surface area contributed by atoms with E-state index in [1.807, 2.05) is 24.4 Å². The predicted molar refractivity (Wildman–Crippen MR) is 105 cm³/mol. The number of aromatic nitrogens is 3. The molecule has 1 aliphatic rings. The van der Waals surface area contributed by atoms with Crippen LogP contribution in [0.15, 0.2) is 47.9 Å². The second-order valence-electron chi connectivity index (χ2n) is 6.37. The van der Waals surface area contributed by atoms with Crippen LogP contribution < -0.4 is 11.1 Å². The Morgan fingerprint density at radius 1 is 1.27 bits per heavy atom. The van der Waals surface area contributed by atoms with Gasteiger partial charge in [0, 0.05) is 30.6 Å². The molecule has 0 saturated carbocycles. The van der Waals surface area contributed by atoms with Crippen LogP contribution in [0.5, 0.6) is 0 Å². The number of hydrogen-bond acceptors (Lipinski definition) is 5. The van der Waals surface area contributed by atoms with Gasteiger partial charge in [0.25, 0.3) is 0 Å². The van der Waals surface area contributed by atoms with Gasteiger partial charge in [0.05, 0.1) is 11.7 Å². The molecule has 0 aliphatic carbocycles. The number of pyridine rings is 1. The summed E-state index contributed by atoms with van der Waals surface area (Å²) in [7, 11) is 0. The minimum Gasteiger partial charge on any atom is -0.351 e. The van der Waals surface area contributed by atoms with Crippen molar-refractivity contribution in [3.05, 3.63) is 53.8 Å². The van der Waals surface area contributed by atoms with Gasteiger partial charge < -0.3 is 11.1 Å². The third-order valence-corrected chi connectivity index (χ3v) is 4.67. The van der Waals surface area contributed by atoms with Gasteiger partial charge in [-0.1, -0.05) is 25.4 Å². The smallest absolute Gasteiger partial charge is 0.153 e. The highest BCUT2D eigenvalue weighted by Gasteiger charge is 2.32. The largest absolute Gasteiger partial charge is 0.351 e. The average Bonchev–Trinajstić information content (AvgIpc) is 2.66. The van der Waals surface area contributed by atoms with Gasteiger partial charge in [0.1, 0.15) is 16.5 Å². The van der Waals surface area contributed by atoms with Crippen molar-refractivity contribution >= 4 is 17.4 Å². The molecule has 3 heterocycles. The van der Waals surface area contributed by atoms with Crippen molar-refractivity contribution in [2.24, 2.45) is 10.7 Å². The van der Waals surface area contributed by atoms with Crippen LogP contribution in [0.2, 0.25) is 5.15 Å². The molecule has 0 saturated heterocycles. The summed E-state index contributed by atoms with van der Waals surface area (Å²) >= 11 is 5.99. The molecule has 0 bridgehead atoms. The summed E-state index contributed by atoms with van der Waals surface area (Å²) in [6.07, 6.45) is 9.61. The van der Waals surface area contributed by atoms with Crippen LogP contribution in [-0.4, -0.2) is 26.8 Å². The first-order valence-corrected chi connectivity index (χ1v) is 9.17. The second-order valence-corrected chi connectivity index (χ2v) is 6.76. The highest BCUT2D eigenvalue weighted by molar-refractivity contribution is 6.29. The molecule has 7 heteroatoms. The summed E-state index contributed by atoms with van der Waals surface area (Å²) in [5, 5.41) is 3.63. The first-order chi connectivity index (χ1) is 12.5. The first-order valence-electron chi connectivity index (χ1n) is 8.79. The maximum Gasteiger partial charge on any atom is 0.153 e. The Kier molecular flexibility index (Phi) is 5.64. The monoisotopic (exact) mass is 370 g/mol. The van der Waals surface area contributed by atoms with Crippen molar-refractivity contribution in [3.63, 3.8) is 0 Å². The molecule has 2 aromatic heterocycles. The van der Waals surface area contributed by atoms with Crippen LogP contribution >= 0.6 is 11.6 Å². The molecule has 0 amide bonds. The van der Waals surface area contributed by atoms with E-state index in [4.69, 9.17) is 22.3 Å². The van der Waals surface area contributed by atoms with Gasteiger partial charge in [-0.15, -0.1) is 0 Å². The molecule has 0 radical (unpaired) electrons. The van der Waals surface area contributed by atoms with Crippen molar-refractivity contribution in [2.75, 3.05) is 0 Å². The van der Waals surface area contributed by atoms with Crippen molar-refractivity contribution in [3.8, 4) is 11.3 Å². The minimum absolute atomic E-state index is 0.291. The van der Waals surface area contributed by atoms with E-state index in [0.717, 1.165) is 29.9 Å². The van der Waals surface area contributed by atoms with E-state index in [0.29, 0.717) is 23.4 Å². The van der Waals surface area contributed by atoms with E-state index in [-0.39, 0.29) is 0 Å². The number of rotatable bonds is 5. The third kappa shape index (κ3) is 4.08. The number of nitrogens with zero attached hydrogens (tertiary/aromatic N) is 4.